The first kappa shape index (κ1) is 7.79. The van der Waals surface area contributed by atoms with Gasteiger partial charge in [-0.25, -0.2) is 0 Å². The van der Waals surface area contributed by atoms with Crippen LogP contribution in [0.1, 0.15) is 5.56 Å². The van der Waals surface area contributed by atoms with Gasteiger partial charge >= 0.3 is 0 Å². The third-order valence-electron chi connectivity index (χ3n) is 1.77. The molecule has 0 amide bonds. The van der Waals surface area contributed by atoms with E-state index in [-0.39, 0.29) is 0 Å². The van der Waals surface area contributed by atoms with Gasteiger partial charge in [0.2, 0.25) is 0 Å². The van der Waals surface area contributed by atoms with Gasteiger partial charge in [-0.1, -0.05) is 17.7 Å². The van der Waals surface area contributed by atoms with Crippen LogP contribution in [0.3, 0.4) is 0 Å². The zero-order chi connectivity index (χ0) is 9.26. The van der Waals surface area contributed by atoms with Crippen molar-refractivity contribution in [2.24, 2.45) is 0 Å². The van der Waals surface area contributed by atoms with Crippen LogP contribution in [-0.2, 0) is 0 Å². The summed E-state index contributed by atoms with van der Waals surface area (Å²) in [4.78, 5) is 1.51. The fourth-order valence-electron chi connectivity index (χ4n) is 1.08. The van der Waals surface area contributed by atoms with Crippen molar-refractivity contribution in [1.29, 1.82) is 0 Å². The first-order valence-corrected chi connectivity index (χ1v) is 4.00. The summed E-state index contributed by atoms with van der Waals surface area (Å²) in [5, 5.41) is 7.99. The number of anilines is 1. The molecule has 2 aromatic rings. The molecule has 0 saturated heterocycles. The van der Waals surface area contributed by atoms with Crippen LogP contribution >= 0.6 is 0 Å². The van der Waals surface area contributed by atoms with E-state index in [1.807, 2.05) is 31.2 Å². The lowest BCUT2D eigenvalue weighted by Crippen LogP contribution is -1.98. The maximum Gasteiger partial charge on any atom is 0.166 e. The second kappa shape index (κ2) is 2.90. The minimum atomic E-state index is 0.431. The number of nitrogens with two attached hydrogens (primary N) is 1. The Kier molecular flexibility index (Phi) is 1.73. The normalized spacial score (nSPS) is 10.2. The average Bonchev–Trinajstić information content (AvgIpc) is 2.53. The highest BCUT2D eigenvalue weighted by atomic mass is 15.5. The molecule has 0 saturated carbocycles. The number of hydrogen-bond acceptors (Lipinski definition) is 3. The highest BCUT2D eigenvalue weighted by Crippen LogP contribution is 2.07. The predicted octanol–water partition coefficient (Wildman–Crippen LogP) is 1.16. The summed E-state index contributed by atoms with van der Waals surface area (Å²) in [6.45, 7) is 2.04. The molecule has 0 unspecified atom stereocenters. The Balaban J connectivity index is 2.41. The number of hydrogen-bond donors (Lipinski definition) is 1. The molecule has 0 spiro atoms. The van der Waals surface area contributed by atoms with Crippen molar-refractivity contribution >= 4 is 5.82 Å². The van der Waals surface area contributed by atoms with Crippen LogP contribution in [0, 0.1) is 6.92 Å². The van der Waals surface area contributed by atoms with E-state index >= 15 is 0 Å². The summed E-state index contributed by atoms with van der Waals surface area (Å²) in [5.41, 5.74) is 7.58. The molecule has 0 fully saturated rings. The van der Waals surface area contributed by atoms with E-state index in [4.69, 9.17) is 5.73 Å². The van der Waals surface area contributed by atoms with E-state index in [1.54, 1.807) is 0 Å². The highest BCUT2D eigenvalue weighted by molar-refractivity contribution is 5.33. The number of nitrogen functional groups attached to an aromatic ring is 1. The van der Waals surface area contributed by atoms with Crippen LogP contribution in [0.4, 0.5) is 5.82 Å². The molecule has 4 heteroatoms. The Morgan fingerprint density at radius 1 is 1.23 bits per heavy atom. The van der Waals surface area contributed by atoms with Crippen molar-refractivity contribution in [3.05, 3.63) is 36.0 Å². The van der Waals surface area contributed by atoms with E-state index in [1.165, 1.54) is 16.6 Å². The van der Waals surface area contributed by atoms with E-state index in [2.05, 4.69) is 10.2 Å². The molecule has 2 N–H and O–H groups in total. The summed E-state index contributed by atoms with van der Waals surface area (Å²) >= 11 is 0. The summed E-state index contributed by atoms with van der Waals surface area (Å²) in [6.07, 6.45) is 1.53. The van der Waals surface area contributed by atoms with Crippen LogP contribution in [0.15, 0.2) is 30.5 Å². The fraction of sp³-hybridized carbons (Fsp3) is 0.111. The Bertz CT molecular complexity index is 402. The van der Waals surface area contributed by atoms with E-state index in [0.717, 1.165) is 5.69 Å². The summed E-state index contributed by atoms with van der Waals surface area (Å²) in [6, 6.07) is 7.92. The monoisotopic (exact) mass is 174 g/mol. The SMILES string of the molecule is Cc1ccc(-n2ncc(N)n2)cc1. The van der Waals surface area contributed by atoms with E-state index in [9.17, 15) is 0 Å². The standard InChI is InChI=1S/C9H10N4/c1-7-2-4-8(5-3-7)13-11-6-9(10)12-13/h2-6H,1H3,(H2,10,12). The third kappa shape index (κ3) is 1.51. The van der Waals surface area contributed by atoms with E-state index in [0.29, 0.717) is 5.82 Å². The van der Waals surface area contributed by atoms with Crippen molar-refractivity contribution in [3.63, 3.8) is 0 Å². The first-order chi connectivity index (χ1) is 6.25. The molecule has 1 aromatic heterocycles. The summed E-state index contributed by atoms with van der Waals surface area (Å²) in [5.74, 6) is 0.431. The summed E-state index contributed by atoms with van der Waals surface area (Å²) < 4.78 is 0. The molecule has 4 nitrogen and oxygen atoms in total. The molecule has 1 aromatic carbocycles. The Morgan fingerprint density at radius 2 is 1.92 bits per heavy atom. The molecule has 66 valence electrons. The van der Waals surface area contributed by atoms with Gasteiger partial charge in [-0.15, -0.1) is 9.90 Å². The van der Waals surface area contributed by atoms with Crippen molar-refractivity contribution in [1.82, 2.24) is 15.0 Å². The minimum absolute atomic E-state index is 0.431. The Morgan fingerprint density at radius 3 is 2.46 bits per heavy atom. The molecule has 0 aliphatic rings. The predicted molar refractivity (Wildman–Crippen MR) is 50.5 cm³/mol. The van der Waals surface area contributed by atoms with Gasteiger partial charge in [0.15, 0.2) is 5.82 Å². The maximum absolute atomic E-state index is 5.45. The molecule has 0 bridgehead atoms. The van der Waals surface area contributed by atoms with Crippen LogP contribution in [0.25, 0.3) is 5.69 Å². The molecule has 1 heterocycles. The molecular formula is C9H10N4. The molecule has 0 atom stereocenters. The number of benzene rings is 1. The van der Waals surface area contributed by atoms with Crippen molar-refractivity contribution in [3.8, 4) is 5.69 Å². The van der Waals surface area contributed by atoms with Crippen molar-refractivity contribution in [2.75, 3.05) is 5.73 Å². The van der Waals surface area contributed by atoms with Gasteiger partial charge in [0.25, 0.3) is 0 Å². The number of nitrogens with zero attached hydrogens (tertiary/aromatic N) is 3. The van der Waals surface area contributed by atoms with E-state index < -0.39 is 0 Å². The molecule has 13 heavy (non-hydrogen) atoms. The first-order valence-electron chi connectivity index (χ1n) is 4.00. The van der Waals surface area contributed by atoms with Gasteiger partial charge in [-0.05, 0) is 19.1 Å². The zero-order valence-corrected chi connectivity index (χ0v) is 7.31. The Labute approximate surface area is 76.0 Å². The van der Waals surface area contributed by atoms with Gasteiger partial charge in [0.05, 0.1) is 11.9 Å². The number of aromatic nitrogens is 3. The number of rotatable bonds is 1. The van der Waals surface area contributed by atoms with Crippen molar-refractivity contribution in [2.45, 2.75) is 6.92 Å². The lowest BCUT2D eigenvalue weighted by atomic mass is 10.2. The second-order valence-electron chi connectivity index (χ2n) is 2.89. The maximum atomic E-state index is 5.45. The van der Waals surface area contributed by atoms with Gasteiger partial charge in [-0.3, -0.25) is 0 Å². The lowest BCUT2D eigenvalue weighted by molar-refractivity contribution is 0.754. The van der Waals surface area contributed by atoms with Crippen molar-refractivity contribution < 1.29 is 0 Å². The van der Waals surface area contributed by atoms with Gasteiger partial charge in [0, 0.05) is 0 Å². The quantitative estimate of drug-likeness (QED) is 0.705. The average molecular weight is 174 g/mol. The lowest BCUT2D eigenvalue weighted by Gasteiger charge is -1.98. The Hall–Kier alpha value is -1.84. The topological polar surface area (TPSA) is 56.7 Å². The molecular weight excluding hydrogens is 164 g/mol. The van der Waals surface area contributed by atoms with Crippen LogP contribution in [-0.4, -0.2) is 15.0 Å². The molecule has 0 radical (unpaired) electrons. The third-order valence-corrected chi connectivity index (χ3v) is 1.77. The minimum Gasteiger partial charge on any atom is -0.381 e. The molecule has 0 aliphatic heterocycles. The number of aryl methyl sites for hydroxylation is 1. The molecule has 0 aliphatic carbocycles. The van der Waals surface area contributed by atoms with Gasteiger partial charge in [0.1, 0.15) is 0 Å². The zero-order valence-electron chi connectivity index (χ0n) is 7.31. The van der Waals surface area contributed by atoms with Crippen LogP contribution < -0.4 is 5.73 Å². The fourth-order valence-corrected chi connectivity index (χ4v) is 1.08. The van der Waals surface area contributed by atoms with Crippen LogP contribution in [0.2, 0.25) is 0 Å². The van der Waals surface area contributed by atoms with Gasteiger partial charge < -0.3 is 5.73 Å². The highest BCUT2D eigenvalue weighted by Gasteiger charge is 1.98. The summed E-state index contributed by atoms with van der Waals surface area (Å²) in [7, 11) is 0. The molecule has 2 rings (SSSR count). The van der Waals surface area contributed by atoms with Gasteiger partial charge in [-0.2, -0.15) is 5.10 Å². The smallest absolute Gasteiger partial charge is 0.166 e. The largest absolute Gasteiger partial charge is 0.381 e. The van der Waals surface area contributed by atoms with Crippen LogP contribution in [0.5, 0.6) is 0 Å². The second-order valence-corrected chi connectivity index (χ2v) is 2.89.